The van der Waals surface area contributed by atoms with Crippen molar-refractivity contribution in [3.05, 3.63) is 35.4 Å². The SMILES string of the molecule is O=C(C1Cc2ccccc21)N1CCCCC1CO. The number of aliphatic hydroxyl groups excluding tert-OH is 1. The van der Waals surface area contributed by atoms with Crippen LogP contribution in [-0.4, -0.2) is 35.1 Å². The first-order chi connectivity index (χ1) is 8.81. The summed E-state index contributed by atoms with van der Waals surface area (Å²) in [4.78, 5) is 14.4. The summed E-state index contributed by atoms with van der Waals surface area (Å²) in [6, 6.07) is 8.21. The van der Waals surface area contributed by atoms with Crippen LogP contribution in [0.5, 0.6) is 0 Å². The van der Waals surface area contributed by atoms with E-state index >= 15 is 0 Å². The fraction of sp³-hybridized carbons (Fsp3) is 0.533. The maximum Gasteiger partial charge on any atom is 0.230 e. The molecule has 18 heavy (non-hydrogen) atoms. The van der Waals surface area contributed by atoms with E-state index in [0.29, 0.717) is 0 Å². The molecule has 3 nitrogen and oxygen atoms in total. The predicted octanol–water partition coefficient (Wildman–Crippen LogP) is 1.70. The van der Waals surface area contributed by atoms with E-state index in [1.165, 1.54) is 11.1 Å². The largest absolute Gasteiger partial charge is 0.394 e. The molecule has 2 aliphatic rings. The average molecular weight is 245 g/mol. The van der Waals surface area contributed by atoms with Gasteiger partial charge in [-0.1, -0.05) is 24.3 Å². The van der Waals surface area contributed by atoms with E-state index in [-0.39, 0.29) is 24.5 Å². The second-order valence-electron chi connectivity index (χ2n) is 5.32. The van der Waals surface area contributed by atoms with E-state index in [0.717, 1.165) is 32.2 Å². The number of piperidine rings is 1. The number of nitrogens with zero attached hydrogens (tertiary/aromatic N) is 1. The summed E-state index contributed by atoms with van der Waals surface area (Å²) in [7, 11) is 0. The Morgan fingerprint density at radius 2 is 2.17 bits per heavy atom. The van der Waals surface area contributed by atoms with Crippen molar-refractivity contribution in [3.63, 3.8) is 0 Å². The minimum atomic E-state index is 0.0355. The molecule has 1 aromatic carbocycles. The van der Waals surface area contributed by atoms with Gasteiger partial charge in [-0.05, 0) is 36.8 Å². The minimum absolute atomic E-state index is 0.0355. The lowest BCUT2D eigenvalue weighted by atomic mass is 9.76. The maximum absolute atomic E-state index is 12.5. The molecule has 3 rings (SSSR count). The van der Waals surface area contributed by atoms with Gasteiger partial charge in [0.2, 0.25) is 5.91 Å². The van der Waals surface area contributed by atoms with Crippen molar-refractivity contribution < 1.29 is 9.90 Å². The lowest BCUT2D eigenvalue weighted by Crippen LogP contribution is -2.49. The third kappa shape index (κ3) is 1.83. The van der Waals surface area contributed by atoms with E-state index in [1.807, 2.05) is 17.0 Å². The van der Waals surface area contributed by atoms with Gasteiger partial charge >= 0.3 is 0 Å². The maximum atomic E-state index is 12.5. The van der Waals surface area contributed by atoms with Gasteiger partial charge in [0.05, 0.1) is 18.6 Å². The number of fused-ring (bicyclic) bond motifs is 1. The van der Waals surface area contributed by atoms with Crippen LogP contribution in [0.3, 0.4) is 0 Å². The molecule has 0 spiro atoms. The van der Waals surface area contributed by atoms with Crippen LogP contribution < -0.4 is 0 Å². The average Bonchev–Trinajstić information content (AvgIpc) is 2.40. The molecule has 0 bridgehead atoms. The number of benzene rings is 1. The summed E-state index contributed by atoms with van der Waals surface area (Å²) in [5, 5.41) is 9.38. The monoisotopic (exact) mass is 245 g/mol. The molecule has 0 saturated carbocycles. The summed E-state index contributed by atoms with van der Waals surface area (Å²) in [5.41, 5.74) is 2.48. The number of hydrogen-bond donors (Lipinski definition) is 1. The Hall–Kier alpha value is -1.35. The van der Waals surface area contributed by atoms with Crippen molar-refractivity contribution in [1.29, 1.82) is 0 Å². The number of likely N-dealkylation sites (tertiary alicyclic amines) is 1. The van der Waals surface area contributed by atoms with Crippen LogP contribution in [0, 0.1) is 0 Å². The van der Waals surface area contributed by atoms with Crippen LogP contribution in [0.15, 0.2) is 24.3 Å². The normalized spacial score (nSPS) is 26.4. The number of amides is 1. The first-order valence-corrected chi connectivity index (χ1v) is 6.80. The summed E-state index contributed by atoms with van der Waals surface area (Å²) in [6.07, 6.45) is 3.99. The lowest BCUT2D eigenvalue weighted by molar-refractivity contribution is -0.138. The van der Waals surface area contributed by atoms with Crippen molar-refractivity contribution in [2.75, 3.05) is 13.2 Å². The van der Waals surface area contributed by atoms with Gasteiger partial charge in [-0.2, -0.15) is 0 Å². The summed E-state index contributed by atoms with van der Waals surface area (Å²) in [6.45, 7) is 0.906. The van der Waals surface area contributed by atoms with Crippen LogP contribution in [0.25, 0.3) is 0 Å². The van der Waals surface area contributed by atoms with Gasteiger partial charge in [0, 0.05) is 6.54 Å². The third-order valence-corrected chi connectivity index (χ3v) is 4.27. The van der Waals surface area contributed by atoms with E-state index in [9.17, 15) is 9.90 Å². The zero-order valence-corrected chi connectivity index (χ0v) is 10.5. The first kappa shape index (κ1) is 11.7. The van der Waals surface area contributed by atoms with Crippen LogP contribution >= 0.6 is 0 Å². The number of carbonyl (C=O) groups is 1. The number of rotatable bonds is 2. The molecule has 3 heteroatoms. The second kappa shape index (κ2) is 4.73. The molecule has 1 heterocycles. The van der Waals surface area contributed by atoms with E-state index in [1.54, 1.807) is 0 Å². The van der Waals surface area contributed by atoms with Gasteiger partial charge in [-0.25, -0.2) is 0 Å². The Bertz CT molecular complexity index is 458. The molecule has 96 valence electrons. The highest BCUT2D eigenvalue weighted by Crippen LogP contribution is 2.37. The zero-order chi connectivity index (χ0) is 12.5. The molecule has 0 aromatic heterocycles. The van der Waals surface area contributed by atoms with Crippen molar-refractivity contribution >= 4 is 5.91 Å². The Morgan fingerprint density at radius 3 is 2.94 bits per heavy atom. The highest BCUT2D eigenvalue weighted by molar-refractivity contribution is 5.87. The Balaban J connectivity index is 1.76. The highest BCUT2D eigenvalue weighted by Gasteiger charge is 2.37. The van der Waals surface area contributed by atoms with Crippen molar-refractivity contribution in [2.45, 2.75) is 37.6 Å². The quantitative estimate of drug-likeness (QED) is 0.861. The molecule has 2 atom stereocenters. The molecule has 1 aliphatic heterocycles. The number of aliphatic hydroxyl groups is 1. The van der Waals surface area contributed by atoms with Gasteiger partial charge in [-0.3, -0.25) is 4.79 Å². The van der Waals surface area contributed by atoms with Crippen LogP contribution in [-0.2, 0) is 11.2 Å². The molecule has 1 amide bonds. The van der Waals surface area contributed by atoms with Crippen LogP contribution in [0.4, 0.5) is 0 Å². The summed E-state index contributed by atoms with van der Waals surface area (Å²) < 4.78 is 0. The summed E-state index contributed by atoms with van der Waals surface area (Å²) >= 11 is 0. The number of hydrogen-bond acceptors (Lipinski definition) is 2. The molecule has 1 aliphatic carbocycles. The fourth-order valence-electron chi connectivity index (χ4n) is 3.16. The molecule has 2 unspecified atom stereocenters. The highest BCUT2D eigenvalue weighted by atomic mass is 16.3. The van der Waals surface area contributed by atoms with Gasteiger partial charge in [0.25, 0.3) is 0 Å². The van der Waals surface area contributed by atoms with Gasteiger partial charge in [0.1, 0.15) is 0 Å². The van der Waals surface area contributed by atoms with Crippen molar-refractivity contribution in [3.8, 4) is 0 Å². The predicted molar refractivity (Wildman–Crippen MR) is 69.3 cm³/mol. The molecule has 0 radical (unpaired) electrons. The molecule has 1 aromatic rings. The second-order valence-corrected chi connectivity index (χ2v) is 5.32. The molecule has 1 N–H and O–H groups in total. The molecule has 1 fully saturated rings. The fourth-order valence-corrected chi connectivity index (χ4v) is 3.16. The smallest absolute Gasteiger partial charge is 0.230 e. The zero-order valence-electron chi connectivity index (χ0n) is 10.5. The van der Waals surface area contributed by atoms with Crippen LogP contribution in [0.2, 0.25) is 0 Å². The van der Waals surface area contributed by atoms with Crippen LogP contribution in [0.1, 0.15) is 36.3 Å². The van der Waals surface area contributed by atoms with Crippen molar-refractivity contribution in [1.82, 2.24) is 4.90 Å². The first-order valence-electron chi connectivity index (χ1n) is 6.80. The molecular weight excluding hydrogens is 226 g/mol. The van der Waals surface area contributed by atoms with Gasteiger partial charge < -0.3 is 10.0 Å². The standard InChI is InChI=1S/C15H19NO2/c17-10-12-6-3-4-8-16(12)15(18)14-9-11-5-1-2-7-13(11)14/h1-2,5,7,12,14,17H,3-4,6,8-10H2. The Labute approximate surface area is 107 Å². The number of carbonyl (C=O) groups excluding carboxylic acids is 1. The Morgan fingerprint density at radius 1 is 1.33 bits per heavy atom. The molecule has 1 saturated heterocycles. The Kier molecular flexibility index (Phi) is 3.08. The van der Waals surface area contributed by atoms with Gasteiger partial charge in [0.15, 0.2) is 0 Å². The minimum Gasteiger partial charge on any atom is -0.394 e. The lowest BCUT2D eigenvalue weighted by Gasteiger charge is -2.40. The topological polar surface area (TPSA) is 40.5 Å². The van der Waals surface area contributed by atoms with E-state index in [4.69, 9.17) is 0 Å². The van der Waals surface area contributed by atoms with E-state index in [2.05, 4.69) is 12.1 Å². The molecular formula is C15H19NO2. The third-order valence-electron chi connectivity index (χ3n) is 4.27. The van der Waals surface area contributed by atoms with Crippen molar-refractivity contribution in [2.24, 2.45) is 0 Å². The summed E-state index contributed by atoms with van der Waals surface area (Å²) in [5.74, 6) is 0.251. The van der Waals surface area contributed by atoms with Gasteiger partial charge in [-0.15, -0.1) is 0 Å². The van der Waals surface area contributed by atoms with E-state index < -0.39 is 0 Å².